The third kappa shape index (κ3) is 10.2. The number of unbranched alkanes of at least 4 members (excludes halogenated alkanes) is 1. The van der Waals surface area contributed by atoms with Crippen LogP contribution in [0.15, 0.2) is 60.7 Å². The summed E-state index contributed by atoms with van der Waals surface area (Å²) in [6.07, 6.45) is 5.50. The molecule has 0 heterocycles. The van der Waals surface area contributed by atoms with Gasteiger partial charge in [0.15, 0.2) is 0 Å². The molecule has 158 valence electrons. The highest BCUT2D eigenvalue weighted by Crippen LogP contribution is 2.22. The van der Waals surface area contributed by atoms with Gasteiger partial charge in [0.2, 0.25) is 0 Å². The van der Waals surface area contributed by atoms with Crippen molar-refractivity contribution in [1.29, 1.82) is 0 Å². The molecular formula is C26H37NO2. The molecule has 2 rings (SSSR count). The summed E-state index contributed by atoms with van der Waals surface area (Å²) in [5, 5.41) is 3.12. The fourth-order valence-electron chi connectivity index (χ4n) is 3.78. The fraction of sp³-hybridized carbons (Fsp3) is 0.500. The summed E-state index contributed by atoms with van der Waals surface area (Å²) < 4.78 is 5.62. The normalized spacial score (nSPS) is 13.5. The van der Waals surface area contributed by atoms with Gasteiger partial charge in [-0.3, -0.25) is 0 Å². The van der Waals surface area contributed by atoms with Gasteiger partial charge in [0.1, 0.15) is 6.10 Å². The van der Waals surface area contributed by atoms with Crippen LogP contribution < -0.4 is 5.32 Å². The Kier molecular flexibility index (Phi) is 9.24. The van der Waals surface area contributed by atoms with Crippen LogP contribution in [0, 0.1) is 5.41 Å². The highest BCUT2D eigenvalue weighted by atomic mass is 16.6. The van der Waals surface area contributed by atoms with Crippen LogP contribution in [0.25, 0.3) is 0 Å². The summed E-state index contributed by atoms with van der Waals surface area (Å²) in [5.74, 6) is 0. The van der Waals surface area contributed by atoms with Crippen molar-refractivity contribution in [2.75, 3.05) is 0 Å². The van der Waals surface area contributed by atoms with E-state index in [2.05, 4.69) is 68.6 Å². The minimum Gasteiger partial charge on any atom is -0.447 e. The van der Waals surface area contributed by atoms with E-state index in [1.165, 1.54) is 11.1 Å². The first kappa shape index (κ1) is 23.0. The maximum Gasteiger partial charge on any atom is 0.407 e. The molecule has 0 aliphatic carbocycles. The van der Waals surface area contributed by atoms with E-state index in [-0.39, 0.29) is 23.7 Å². The molecule has 0 aromatic heterocycles. The van der Waals surface area contributed by atoms with Crippen molar-refractivity contribution in [3.05, 3.63) is 71.8 Å². The van der Waals surface area contributed by atoms with Gasteiger partial charge in [-0.2, -0.15) is 0 Å². The van der Waals surface area contributed by atoms with E-state index in [1.54, 1.807) is 0 Å². The summed E-state index contributed by atoms with van der Waals surface area (Å²) >= 11 is 0. The predicted octanol–water partition coefficient (Wildman–Crippen LogP) is 6.56. The second kappa shape index (κ2) is 11.6. The molecule has 1 N–H and O–H groups in total. The maximum absolute atomic E-state index is 12.5. The first-order chi connectivity index (χ1) is 13.8. The van der Waals surface area contributed by atoms with Crippen LogP contribution in [0.4, 0.5) is 4.79 Å². The van der Waals surface area contributed by atoms with Crippen LogP contribution in [0.3, 0.4) is 0 Å². The molecule has 3 nitrogen and oxygen atoms in total. The number of amides is 1. The van der Waals surface area contributed by atoms with Crippen LogP contribution in [0.1, 0.15) is 64.5 Å². The van der Waals surface area contributed by atoms with Gasteiger partial charge in [-0.1, -0.05) is 87.9 Å². The van der Waals surface area contributed by atoms with Gasteiger partial charge in [-0.15, -0.1) is 0 Å². The molecule has 0 saturated heterocycles. The quantitative estimate of drug-likeness (QED) is 0.463. The largest absolute Gasteiger partial charge is 0.447 e. The number of alkyl carbamates (subject to hydrolysis) is 1. The van der Waals surface area contributed by atoms with Gasteiger partial charge in [0.25, 0.3) is 0 Å². The summed E-state index contributed by atoms with van der Waals surface area (Å²) in [7, 11) is 0. The molecule has 2 aromatic rings. The number of carbonyl (C=O) groups excluding carboxylic acids is 1. The molecular weight excluding hydrogens is 358 g/mol. The van der Waals surface area contributed by atoms with E-state index < -0.39 is 0 Å². The van der Waals surface area contributed by atoms with E-state index in [0.717, 1.165) is 38.5 Å². The van der Waals surface area contributed by atoms with Crippen LogP contribution in [-0.2, 0) is 17.6 Å². The standard InChI is InChI=1S/C26H37NO2/c1-21(20-26(2,3)4)29-25(28)27-24(19-23-16-9-6-10-17-23)18-12-11-15-22-13-7-5-8-14-22/h5-10,13-14,16-17,21,24H,11-12,15,18-20H2,1-4H3,(H,27,28). The Labute approximate surface area is 176 Å². The lowest BCUT2D eigenvalue weighted by molar-refractivity contribution is 0.0796. The van der Waals surface area contributed by atoms with Crippen molar-refractivity contribution in [3.8, 4) is 0 Å². The summed E-state index contributed by atoms with van der Waals surface area (Å²) in [6, 6.07) is 21.0. The number of ether oxygens (including phenoxy) is 1. The molecule has 2 unspecified atom stereocenters. The van der Waals surface area contributed by atoms with Crippen LogP contribution >= 0.6 is 0 Å². The lowest BCUT2D eigenvalue weighted by atomic mass is 9.90. The molecule has 0 bridgehead atoms. The molecule has 29 heavy (non-hydrogen) atoms. The van der Waals surface area contributed by atoms with E-state index in [9.17, 15) is 4.79 Å². The fourth-order valence-corrected chi connectivity index (χ4v) is 3.78. The Bertz CT molecular complexity index is 706. The van der Waals surface area contributed by atoms with Crippen molar-refractivity contribution in [1.82, 2.24) is 5.32 Å². The number of benzene rings is 2. The lowest BCUT2D eigenvalue weighted by Crippen LogP contribution is -2.38. The van der Waals surface area contributed by atoms with Gasteiger partial charge in [-0.05, 0) is 55.6 Å². The highest BCUT2D eigenvalue weighted by Gasteiger charge is 2.20. The second-order valence-electron chi connectivity index (χ2n) is 9.24. The predicted molar refractivity (Wildman–Crippen MR) is 121 cm³/mol. The van der Waals surface area contributed by atoms with Gasteiger partial charge >= 0.3 is 6.09 Å². The van der Waals surface area contributed by atoms with Crippen LogP contribution in [0.2, 0.25) is 0 Å². The SMILES string of the molecule is CC(CC(C)(C)C)OC(=O)NC(CCCCc1ccccc1)Cc1ccccc1. The Morgan fingerprint density at radius 1 is 0.931 bits per heavy atom. The number of nitrogens with one attached hydrogen (secondary N) is 1. The third-order valence-corrected chi connectivity index (χ3v) is 4.97. The third-order valence-electron chi connectivity index (χ3n) is 4.97. The zero-order chi connectivity index (χ0) is 21.1. The summed E-state index contributed by atoms with van der Waals surface area (Å²) in [5.41, 5.74) is 2.75. The van der Waals surface area contributed by atoms with Gasteiger partial charge in [-0.25, -0.2) is 4.79 Å². The van der Waals surface area contributed by atoms with E-state index in [1.807, 2.05) is 25.1 Å². The minimum absolute atomic E-state index is 0.0857. The molecule has 2 atom stereocenters. The topological polar surface area (TPSA) is 38.3 Å². The van der Waals surface area contributed by atoms with E-state index >= 15 is 0 Å². The zero-order valence-corrected chi connectivity index (χ0v) is 18.5. The van der Waals surface area contributed by atoms with Crippen LogP contribution in [0.5, 0.6) is 0 Å². The van der Waals surface area contributed by atoms with Crippen LogP contribution in [-0.4, -0.2) is 18.2 Å². The van der Waals surface area contributed by atoms with Gasteiger partial charge < -0.3 is 10.1 Å². The summed E-state index contributed by atoms with van der Waals surface area (Å²) in [4.78, 5) is 12.5. The molecule has 0 aliphatic heterocycles. The van der Waals surface area contributed by atoms with Gasteiger partial charge in [0, 0.05) is 6.04 Å². The molecule has 0 radical (unpaired) electrons. The van der Waals surface area contributed by atoms with Crippen molar-refractivity contribution in [3.63, 3.8) is 0 Å². The molecule has 2 aromatic carbocycles. The molecule has 0 fully saturated rings. The smallest absolute Gasteiger partial charge is 0.407 e. The monoisotopic (exact) mass is 395 g/mol. The van der Waals surface area contributed by atoms with Crippen molar-refractivity contribution in [2.24, 2.45) is 5.41 Å². The van der Waals surface area contributed by atoms with Crippen molar-refractivity contribution in [2.45, 2.75) is 78.4 Å². The van der Waals surface area contributed by atoms with E-state index in [4.69, 9.17) is 4.74 Å². The molecule has 1 amide bonds. The number of aryl methyl sites for hydroxylation is 1. The molecule has 0 spiro atoms. The molecule has 0 saturated carbocycles. The number of rotatable bonds is 10. The first-order valence-electron chi connectivity index (χ1n) is 10.9. The number of hydrogen-bond acceptors (Lipinski definition) is 2. The Morgan fingerprint density at radius 2 is 1.52 bits per heavy atom. The molecule has 3 heteroatoms. The maximum atomic E-state index is 12.5. The van der Waals surface area contributed by atoms with E-state index in [0.29, 0.717) is 0 Å². The Morgan fingerprint density at radius 3 is 2.10 bits per heavy atom. The minimum atomic E-state index is -0.300. The average Bonchev–Trinajstić information content (AvgIpc) is 2.65. The summed E-state index contributed by atoms with van der Waals surface area (Å²) in [6.45, 7) is 8.46. The van der Waals surface area contributed by atoms with Crippen molar-refractivity contribution >= 4 is 6.09 Å². The van der Waals surface area contributed by atoms with Gasteiger partial charge in [0.05, 0.1) is 0 Å². The number of carbonyl (C=O) groups is 1. The second-order valence-corrected chi connectivity index (χ2v) is 9.24. The Hall–Kier alpha value is -2.29. The highest BCUT2D eigenvalue weighted by molar-refractivity contribution is 5.67. The first-order valence-corrected chi connectivity index (χ1v) is 10.9. The average molecular weight is 396 g/mol. The lowest BCUT2D eigenvalue weighted by Gasteiger charge is -2.25. The van der Waals surface area contributed by atoms with Crippen molar-refractivity contribution < 1.29 is 9.53 Å². The zero-order valence-electron chi connectivity index (χ0n) is 18.5. The molecule has 0 aliphatic rings. The Balaban J connectivity index is 1.85. The number of hydrogen-bond donors (Lipinski definition) is 1.